The molecule has 0 aliphatic heterocycles. The summed E-state index contributed by atoms with van der Waals surface area (Å²) in [5.74, 6) is 0.846. The highest BCUT2D eigenvalue weighted by molar-refractivity contribution is 5.87. The van der Waals surface area contributed by atoms with Gasteiger partial charge in [-0.15, -0.1) is 0 Å². The van der Waals surface area contributed by atoms with E-state index in [2.05, 4.69) is 12.2 Å². The van der Waals surface area contributed by atoms with Gasteiger partial charge in [-0.2, -0.15) is 0 Å². The minimum absolute atomic E-state index is 0.101. The van der Waals surface area contributed by atoms with Crippen molar-refractivity contribution in [2.75, 3.05) is 5.73 Å². The monoisotopic (exact) mass is 246 g/mol. The number of hydrogen-bond acceptors (Lipinski definition) is 2. The zero-order valence-electron chi connectivity index (χ0n) is 11.4. The first kappa shape index (κ1) is 12.9. The standard InChI is InChI=1S/C15H22N2O/c1-10-8-13(9-10)17-14(18)15(2,3)11-4-6-12(16)7-5-11/h4-7,10,13H,8-9,16H2,1-3H3,(H,17,18). The predicted molar refractivity (Wildman–Crippen MR) is 74.2 cm³/mol. The summed E-state index contributed by atoms with van der Waals surface area (Å²) in [4.78, 5) is 12.3. The summed E-state index contributed by atoms with van der Waals surface area (Å²) in [6.07, 6.45) is 2.20. The molecule has 1 amide bonds. The quantitative estimate of drug-likeness (QED) is 0.805. The van der Waals surface area contributed by atoms with Crippen molar-refractivity contribution in [3.63, 3.8) is 0 Å². The number of hydrogen-bond donors (Lipinski definition) is 2. The van der Waals surface area contributed by atoms with Crippen molar-refractivity contribution in [3.8, 4) is 0 Å². The first-order chi connectivity index (χ1) is 8.39. The maximum Gasteiger partial charge on any atom is 0.230 e. The summed E-state index contributed by atoms with van der Waals surface area (Å²) in [6, 6.07) is 7.91. The molecule has 1 aliphatic carbocycles. The second kappa shape index (κ2) is 4.63. The van der Waals surface area contributed by atoms with Crippen LogP contribution in [0.2, 0.25) is 0 Å². The van der Waals surface area contributed by atoms with Crippen LogP contribution in [0.4, 0.5) is 5.69 Å². The van der Waals surface area contributed by atoms with Crippen LogP contribution in [0, 0.1) is 5.92 Å². The van der Waals surface area contributed by atoms with Crippen molar-refractivity contribution in [2.45, 2.75) is 45.1 Å². The minimum Gasteiger partial charge on any atom is -0.399 e. The number of carbonyl (C=O) groups excluding carboxylic acids is 1. The molecule has 1 fully saturated rings. The number of nitrogen functional groups attached to an aromatic ring is 1. The number of amides is 1. The molecular weight excluding hydrogens is 224 g/mol. The van der Waals surface area contributed by atoms with E-state index >= 15 is 0 Å². The van der Waals surface area contributed by atoms with Gasteiger partial charge in [-0.3, -0.25) is 4.79 Å². The Morgan fingerprint density at radius 3 is 2.33 bits per heavy atom. The maximum absolute atomic E-state index is 12.3. The van der Waals surface area contributed by atoms with Crippen LogP contribution < -0.4 is 11.1 Å². The number of benzene rings is 1. The molecule has 0 unspecified atom stereocenters. The molecular formula is C15H22N2O. The molecule has 1 aliphatic rings. The lowest BCUT2D eigenvalue weighted by molar-refractivity contribution is -0.127. The van der Waals surface area contributed by atoms with Gasteiger partial charge in [-0.1, -0.05) is 19.1 Å². The van der Waals surface area contributed by atoms with Gasteiger partial charge in [0, 0.05) is 11.7 Å². The molecule has 0 bridgehead atoms. The van der Waals surface area contributed by atoms with Crippen molar-refractivity contribution in [1.29, 1.82) is 0 Å². The molecule has 0 spiro atoms. The Morgan fingerprint density at radius 2 is 1.83 bits per heavy atom. The smallest absolute Gasteiger partial charge is 0.230 e. The van der Waals surface area contributed by atoms with Crippen LogP contribution in [0.3, 0.4) is 0 Å². The Kier molecular flexibility index (Phi) is 3.33. The Balaban J connectivity index is 2.05. The lowest BCUT2D eigenvalue weighted by Crippen LogP contribution is -2.49. The van der Waals surface area contributed by atoms with Crippen LogP contribution in [-0.4, -0.2) is 11.9 Å². The molecule has 1 saturated carbocycles. The molecule has 2 rings (SSSR count). The van der Waals surface area contributed by atoms with Crippen LogP contribution in [0.15, 0.2) is 24.3 Å². The van der Waals surface area contributed by atoms with E-state index in [1.54, 1.807) is 0 Å². The lowest BCUT2D eigenvalue weighted by atomic mass is 9.79. The largest absolute Gasteiger partial charge is 0.399 e. The van der Waals surface area contributed by atoms with E-state index < -0.39 is 5.41 Å². The summed E-state index contributed by atoms with van der Waals surface area (Å²) in [5, 5.41) is 3.13. The molecule has 0 aromatic heterocycles. The normalized spacial score (nSPS) is 23.3. The third kappa shape index (κ3) is 2.50. The van der Waals surface area contributed by atoms with E-state index in [9.17, 15) is 4.79 Å². The van der Waals surface area contributed by atoms with Gasteiger partial charge in [0.2, 0.25) is 5.91 Å². The van der Waals surface area contributed by atoms with Gasteiger partial charge < -0.3 is 11.1 Å². The van der Waals surface area contributed by atoms with Gasteiger partial charge in [0.15, 0.2) is 0 Å². The molecule has 98 valence electrons. The number of anilines is 1. The van der Waals surface area contributed by atoms with Crippen LogP contribution in [0.25, 0.3) is 0 Å². The fourth-order valence-electron chi connectivity index (χ4n) is 2.42. The SMILES string of the molecule is CC1CC(NC(=O)C(C)(C)c2ccc(N)cc2)C1. The summed E-state index contributed by atoms with van der Waals surface area (Å²) in [6.45, 7) is 6.12. The molecule has 1 aromatic rings. The van der Waals surface area contributed by atoms with E-state index in [1.165, 1.54) is 0 Å². The number of nitrogens with two attached hydrogens (primary N) is 1. The van der Waals surface area contributed by atoms with Crippen molar-refractivity contribution in [3.05, 3.63) is 29.8 Å². The first-order valence-electron chi connectivity index (χ1n) is 6.56. The number of nitrogens with one attached hydrogen (secondary N) is 1. The molecule has 0 heterocycles. The van der Waals surface area contributed by atoms with E-state index in [0.717, 1.165) is 30.0 Å². The van der Waals surface area contributed by atoms with Crippen molar-refractivity contribution < 1.29 is 4.79 Å². The second-order valence-electron chi connectivity index (χ2n) is 5.99. The van der Waals surface area contributed by atoms with Crippen molar-refractivity contribution >= 4 is 11.6 Å². The topological polar surface area (TPSA) is 55.1 Å². The van der Waals surface area contributed by atoms with Crippen LogP contribution in [0.1, 0.15) is 39.2 Å². The highest BCUT2D eigenvalue weighted by Gasteiger charge is 2.34. The first-order valence-corrected chi connectivity index (χ1v) is 6.56. The van der Waals surface area contributed by atoms with Gasteiger partial charge in [0.05, 0.1) is 5.41 Å². The highest BCUT2D eigenvalue weighted by Crippen LogP contribution is 2.29. The summed E-state index contributed by atoms with van der Waals surface area (Å²) < 4.78 is 0. The van der Waals surface area contributed by atoms with Gasteiger partial charge in [0.1, 0.15) is 0 Å². The second-order valence-corrected chi connectivity index (χ2v) is 5.99. The van der Waals surface area contributed by atoms with E-state index in [1.807, 2.05) is 38.1 Å². The maximum atomic E-state index is 12.3. The summed E-state index contributed by atoms with van der Waals surface area (Å²) >= 11 is 0. The van der Waals surface area contributed by atoms with E-state index in [-0.39, 0.29) is 5.91 Å². The van der Waals surface area contributed by atoms with Crippen LogP contribution in [-0.2, 0) is 10.2 Å². The summed E-state index contributed by atoms with van der Waals surface area (Å²) in [5.41, 5.74) is 6.89. The molecule has 1 aromatic carbocycles. The molecule has 3 heteroatoms. The Bertz CT molecular complexity index is 430. The van der Waals surface area contributed by atoms with Crippen molar-refractivity contribution in [1.82, 2.24) is 5.32 Å². The Hall–Kier alpha value is -1.51. The van der Waals surface area contributed by atoms with Crippen LogP contribution in [0.5, 0.6) is 0 Å². The minimum atomic E-state index is -0.507. The molecule has 0 atom stereocenters. The third-order valence-electron chi connectivity index (χ3n) is 3.91. The van der Waals surface area contributed by atoms with E-state index in [0.29, 0.717) is 6.04 Å². The Labute approximate surface area is 109 Å². The van der Waals surface area contributed by atoms with Gasteiger partial charge in [-0.25, -0.2) is 0 Å². The molecule has 3 N–H and O–H groups in total. The highest BCUT2D eigenvalue weighted by atomic mass is 16.2. The van der Waals surface area contributed by atoms with Gasteiger partial charge in [0.25, 0.3) is 0 Å². The third-order valence-corrected chi connectivity index (χ3v) is 3.91. The fourth-order valence-corrected chi connectivity index (χ4v) is 2.42. The van der Waals surface area contributed by atoms with E-state index in [4.69, 9.17) is 5.73 Å². The molecule has 0 saturated heterocycles. The average Bonchev–Trinajstić information content (AvgIpc) is 2.27. The molecule has 0 radical (unpaired) electrons. The Morgan fingerprint density at radius 1 is 1.28 bits per heavy atom. The molecule has 18 heavy (non-hydrogen) atoms. The number of carbonyl (C=O) groups is 1. The zero-order valence-corrected chi connectivity index (χ0v) is 11.4. The predicted octanol–water partition coefficient (Wildman–Crippen LogP) is 2.46. The lowest BCUT2D eigenvalue weighted by Gasteiger charge is -2.36. The zero-order chi connectivity index (χ0) is 13.3. The van der Waals surface area contributed by atoms with Crippen LogP contribution >= 0.6 is 0 Å². The fraction of sp³-hybridized carbons (Fsp3) is 0.533. The van der Waals surface area contributed by atoms with Gasteiger partial charge >= 0.3 is 0 Å². The molecule has 3 nitrogen and oxygen atoms in total. The van der Waals surface area contributed by atoms with Crippen molar-refractivity contribution in [2.24, 2.45) is 5.92 Å². The average molecular weight is 246 g/mol. The number of rotatable bonds is 3. The van der Waals surface area contributed by atoms with Gasteiger partial charge in [-0.05, 0) is 50.3 Å². The summed E-state index contributed by atoms with van der Waals surface area (Å²) in [7, 11) is 0.